The minimum Gasteiger partial charge on any atom is -0.495 e. The molecule has 1 saturated carbocycles. The molecule has 0 bridgehead atoms. The predicted molar refractivity (Wildman–Crippen MR) is 79.9 cm³/mol. The Balaban J connectivity index is 2.59. The van der Waals surface area contributed by atoms with E-state index in [4.69, 9.17) is 10.5 Å². The lowest BCUT2D eigenvalue weighted by Gasteiger charge is -2.37. The molecule has 0 radical (unpaired) electrons. The van der Waals surface area contributed by atoms with Crippen LogP contribution in [-0.4, -0.2) is 28.3 Å². The van der Waals surface area contributed by atoms with Crippen LogP contribution in [0.1, 0.15) is 37.7 Å². The molecule has 118 valence electrons. The summed E-state index contributed by atoms with van der Waals surface area (Å²) in [4.78, 5) is -0.378. The zero-order chi connectivity index (χ0) is 15.7. The number of ether oxygens (including phenoxy) is 1. The van der Waals surface area contributed by atoms with Crippen molar-refractivity contribution in [2.45, 2.75) is 42.4 Å². The summed E-state index contributed by atoms with van der Waals surface area (Å²) >= 11 is 0. The molecule has 0 atom stereocenters. The molecule has 1 aliphatic rings. The molecule has 2 N–H and O–H groups in total. The summed E-state index contributed by atoms with van der Waals surface area (Å²) in [7, 11) is -2.33. The van der Waals surface area contributed by atoms with E-state index in [9.17, 15) is 12.8 Å². The van der Waals surface area contributed by atoms with Crippen LogP contribution < -0.4 is 10.5 Å². The zero-order valence-electron chi connectivity index (χ0n) is 12.5. The molecule has 1 aliphatic carbocycles. The molecule has 21 heavy (non-hydrogen) atoms. The maximum absolute atomic E-state index is 14.4. The number of hydrogen-bond donors (Lipinski definition) is 1. The quantitative estimate of drug-likeness (QED) is 0.926. The highest BCUT2D eigenvalue weighted by Gasteiger charge is 2.34. The van der Waals surface area contributed by atoms with E-state index in [2.05, 4.69) is 0 Å². The Bertz CT molecular complexity index is 622. The van der Waals surface area contributed by atoms with Crippen molar-refractivity contribution >= 4 is 9.84 Å². The second-order valence-electron chi connectivity index (χ2n) is 5.81. The third-order valence-corrected chi connectivity index (χ3v) is 5.55. The molecule has 0 heterocycles. The van der Waals surface area contributed by atoms with Gasteiger partial charge in [-0.1, -0.05) is 19.3 Å². The molecule has 2 rings (SSSR count). The summed E-state index contributed by atoms with van der Waals surface area (Å²) in [5.74, 6) is -0.698. The van der Waals surface area contributed by atoms with Gasteiger partial charge in [0.2, 0.25) is 0 Å². The van der Waals surface area contributed by atoms with Gasteiger partial charge in [-0.3, -0.25) is 0 Å². The Labute approximate surface area is 125 Å². The van der Waals surface area contributed by atoms with Gasteiger partial charge in [-0.2, -0.15) is 0 Å². The maximum atomic E-state index is 14.4. The number of rotatable bonds is 4. The molecule has 1 aromatic rings. The SMILES string of the molecule is COc1cc(C2(CN)CCCCC2)cc(F)c1S(C)(=O)=O. The molecular weight excluding hydrogens is 293 g/mol. The van der Waals surface area contributed by atoms with Gasteiger partial charge in [0.1, 0.15) is 16.5 Å². The fourth-order valence-electron chi connectivity index (χ4n) is 3.23. The van der Waals surface area contributed by atoms with Crippen molar-refractivity contribution in [3.8, 4) is 5.75 Å². The van der Waals surface area contributed by atoms with Crippen molar-refractivity contribution in [1.82, 2.24) is 0 Å². The van der Waals surface area contributed by atoms with Crippen LogP contribution in [0.3, 0.4) is 0 Å². The molecule has 0 aliphatic heterocycles. The van der Waals surface area contributed by atoms with Crippen LogP contribution in [0.15, 0.2) is 17.0 Å². The molecule has 4 nitrogen and oxygen atoms in total. The highest BCUT2D eigenvalue weighted by molar-refractivity contribution is 7.90. The number of halogens is 1. The molecule has 0 amide bonds. The smallest absolute Gasteiger partial charge is 0.182 e. The molecular formula is C15H22FNO3S. The van der Waals surface area contributed by atoms with Gasteiger partial charge in [0, 0.05) is 18.2 Å². The monoisotopic (exact) mass is 315 g/mol. The van der Waals surface area contributed by atoms with Crippen molar-refractivity contribution in [2.24, 2.45) is 5.73 Å². The van der Waals surface area contributed by atoms with Gasteiger partial charge >= 0.3 is 0 Å². The lowest BCUT2D eigenvalue weighted by atomic mass is 9.69. The normalized spacial score (nSPS) is 18.5. The topological polar surface area (TPSA) is 69.4 Å². The van der Waals surface area contributed by atoms with E-state index in [-0.39, 0.29) is 16.1 Å². The number of methoxy groups -OCH3 is 1. The number of hydrogen-bond acceptors (Lipinski definition) is 4. The largest absolute Gasteiger partial charge is 0.495 e. The molecule has 0 unspecified atom stereocenters. The van der Waals surface area contributed by atoms with Crippen LogP contribution in [-0.2, 0) is 15.3 Å². The van der Waals surface area contributed by atoms with Crippen LogP contribution in [0.5, 0.6) is 5.75 Å². The predicted octanol–water partition coefficient (Wildman–Crippen LogP) is 2.40. The molecule has 0 spiro atoms. The summed E-state index contributed by atoms with van der Waals surface area (Å²) in [6, 6.07) is 2.95. The van der Waals surface area contributed by atoms with Crippen LogP contribution in [0.4, 0.5) is 4.39 Å². The number of benzene rings is 1. The second kappa shape index (κ2) is 5.93. The lowest BCUT2D eigenvalue weighted by molar-refractivity contribution is 0.297. The number of nitrogens with two attached hydrogens (primary N) is 1. The fraction of sp³-hybridized carbons (Fsp3) is 0.600. The molecule has 0 aromatic heterocycles. The highest BCUT2D eigenvalue weighted by Crippen LogP contribution is 2.41. The summed E-state index contributed by atoms with van der Waals surface area (Å²) in [5, 5.41) is 0. The summed E-state index contributed by atoms with van der Waals surface area (Å²) in [6.07, 6.45) is 6.02. The lowest BCUT2D eigenvalue weighted by Crippen LogP contribution is -2.37. The van der Waals surface area contributed by atoms with Gasteiger partial charge in [0.05, 0.1) is 7.11 Å². The Hall–Kier alpha value is -1.14. The number of sulfone groups is 1. The second-order valence-corrected chi connectivity index (χ2v) is 7.76. The maximum Gasteiger partial charge on any atom is 0.182 e. The van der Waals surface area contributed by atoms with Gasteiger partial charge in [-0.15, -0.1) is 0 Å². The molecule has 0 saturated heterocycles. The fourth-order valence-corrected chi connectivity index (χ4v) is 4.15. The van der Waals surface area contributed by atoms with E-state index < -0.39 is 15.7 Å². The molecule has 1 fully saturated rings. The Morgan fingerprint density at radius 2 is 1.90 bits per heavy atom. The van der Waals surface area contributed by atoms with E-state index in [0.717, 1.165) is 43.9 Å². The Kier molecular flexibility index (Phi) is 4.58. The van der Waals surface area contributed by atoms with E-state index in [1.54, 1.807) is 6.07 Å². The minimum absolute atomic E-state index is 0.0610. The van der Waals surface area contributed by atoms with Crippen molar-refractivity contribution in [3.63, 3.8) is 0 Å². The summed E-state index contributed by atoms with van der Waals surface area (Å²) in [5.41, 5.74) is 6.42. The Morgan fingerprint density at radius 3 is 2.38 bits per heavy atom. The third-order valence-electron chi connectivity index (χ3n) is 4.41. The first-order chi connectivity index (χ1) is 9.84. The van der Waals surface area contributed by atoms with Crippen LogP contribution in [0, 0.1) is 5.82 Å². The average molecular weight is 315 g/mol. The third kappa shape index (κ3) is 3.06. The van der Waals surface area contributed by atoms with Crippen molar-refractivity contribution in [1.29, 1.82) is 0 Å². The zero-order valence-corrected chi connectivity index (χ0v) is 13.3. The first-order valence-corrected chi connectivity index (χ1v) is 9.01. The first-order valence-electron chi connectivity index (χ1n) is 7.12. The van der Waals surface area contributed by atoms with E-state index in [1.165, 1.54) is 13.2 Å². The van der Waals surface area contributed by atoms with E-state index >= 15 is 0 Å². The van der Waals surface area contributed by atoms with Crippen molar-refractivity contribution in [3.05, 3.63) is 23.5 Å². The van der Waals surface area contributed by atoms with Gasteiger partial charge in [0.15, 0.2) is 9.84 Å². The van der Waals surface area contributed by atoms with Gasteiger partial charge in [-0.25, -0.2) is 12.8 Å². The minimum atomic E-state index is -3.68. The summed E-state index contributed by atoms with van der Waals surface area (Å²) < 4.78 is 42.9. The average Bonchev–Trinajstić information content (AvgIpc) is 2.45. The van der Waals surface area contributed by atoms with Gasteiger partial charge < -0.3 is 10.5 Å². The molecule has 1 aromatic carbocycles. The first kappa shape index (κ1) is 16.2. The summed E-state index contributed by atoms with van der Waals surface area (Å²) in [6.45, 7) is 0.424. The standard InChI is InChI=1S/C15H22FNO3S/c1-20-13-9-11(8-12(16)14(13)21(2,18)19)15(10-17)6-4-3-5-7-15/h8-9H,3-7,10,17H2,1-2H3. The van der Waals surface area contributed by atoms with Crippen LogP contribution in [0.25, 0.3) is 0 Å². The van der Waals surface area contributed by atoms with E-state index in [1.807, 2.05) is 0 Å². The molecule has 6 heteroatoms. The van der Waals surface area contributed by atoms with Crippen molar-refractivity contribution in [2.75, 3.05) is 19.9 Å². The van der Waals surface area contributed by atoms with Gasteiger partial charge in [0.25, 0.3) is 0 Å². The Morgan fingerprint density at radius 1 is 1.29 bits per heavy atom. The highest BCUT2D eigenvalue weighted by atomic mass is 32.2. The van der Waals surface area contributed by atoms with Gasteiger partial charge in [-0.05, 0) is 30.5 Å². The van der Waals surface area contributed by atoms with Crippen molar-refractivity contribution < 1.29 is 17.5 Å². The van der Waals surface area contributed by atoms with Crippen LogP contribution in [0.2, 0.25) is 0 Å². The van der Waals surface area contributed by atoms with Crippen LogP contribution >= 0.6 is 0 Å². The van der Waals surface area contributed by atoms with E-state index in [0.29, 0.717) is 6.54 Å².